The number of hydrogen-bond donors (Lipinski definition) is 1. The van der Waals surface area contributed by atoms with E-state index in [9.17, 15) is 4.79 Å². The normalized spacial score (nSPS) is 13.0. The summed E-state index contributed by atoms with van der Waals surface area (Å²) >= 11 is 0. The molecule has 0 aliphatic heterocycles. The second kappa shape index (κ2) is 6.48. The lowest BCUT2D eigenvalue weighted by Crippen LogP contribution is -2.24. The first-order valence-corrected chi connectivity index (χ1v) is 9.05. The maximum atomic E-state index is 12.8. The summed E-state index contributed by atoms with van der Waals surface area (Å²) < 4.78 is 7.46. The van der Waals surface area contributed by atoms with E-state index in [-0.39, 0.29) is 5.91 Å². The SMILES string of the molecule is Cc1ccc(-n2nc(C(=O)NCc3cc(C)oc3C)c3c2CCC3)cc1. The summed E-state index contributed by atoms with van der Waals surface area (Å²) in [4.78, 5) is 12.8. The van der Waals surface area contributed by atoms with Crippen molar-refractivity contribution in [3.05, 3.63) is 69.9 Å². The van der Waals surface area contributed by atoms with Gasteiger partial charge in [-0.2, -0.15) is 5.10 Å². The first-order chi connectivity index (χ1) is 12.5. The van der Waals surface area contributed by atoms with Crippen molar-refractivity contribution in [2.24, 2.45) is 0 Å². The molecular weight excluding hydrogens is 326 g/mol. The minimum atomic E-state index is -0.118. The fourth-order valence-electron chi connectivity index (χ4n) is 3.64. The molecule has 1 N–H and O–H groups in total. The Morgan fingerprint density at radius 1 is 1.19 bits per heavy atom. The van der Waals surface area contributed by atoms with Gasteiger partial charge in [0, 0.05) is 23.4 Å². The zero-order valence-corrected chi connectivity index (χ0v) is 15.4. The van der Waals surface area contributed by atoms with Crippen LogP contribution in [0.4, 0.5) is 0 Å². The lowest BCUT2D eigenvalue weighted by atomic mass is 10.2. The van der Waals surface area contributed by atoms with Crippen LogP contribution in [-0.4, -0.2) is 15.7 Å². The van der Waals surface area contributed by atoms with E-state index in [4.69, 9.17) is 4.42 Å². The zero-order chi connectivity index (χ0) is 18.3. The number of benzene rings is 1. The maximum Gasteiger partial charge on any atom is 0.272 e. The predicted molar refractivity (Wildman–Crippen MR) is 99.7 cm³/mol. The van der Waals surface area contributed by atoms with Crippen LogP contribution in [0.3, 0.4) is 0 Å². The number of carbonyl (C=O) groups excluding carboxylic acids is 1. The third-order valence-electron chi connectivity index (χ3n) is 5.01. The van der Waals surface area contributed by atoms with Gasteiger partial charge in [0.05, 0.1) is 5.69 Å². The highest BCUT2D eigenvalue weighted by Crippen LogP contribution is 2.28. The Labute approximate surface area is 153 Å². The summed E-state index contributed by atoms with van der Waals surface area (Å²) in [5.74, 6) is 1.58. The molecule has 26 heavy (non-hydrogen) atoms. The number of rotatable bonds is 4. The molecule has 1 amide bonds. The number of furan rings is 1. The molecule has 0 spiro atoms. The van der Waals surface area contributed by atoms with Gasteiger partial charge in [0.2, 0.25) is 0 Å². The molecule has 0 saturated heterocycles. The molecule has 0 fully saturated rings. The number of nitrogens with zero attached hydrogens (tertiary/aromatic N) is 2. The highest BCUT2D eigenvalue weighted by molar-refractivity contribution is 5.94. The molecule has 2 heterocycles. The van der Waals surface area contributed by atoms with Crippen molar-refractivity contribution in [2.75, 3.05) is 0 Å². The second-order valence-electron chi connectivity index (χ2n) is 7.00. The molecule has 0 saturated carbocycles. The zero-order valence-electron chi connectivity index (χ0n) is 15.4. The molecule has 1 aromatic carbocycles. The van der Waals surface area contributed by atoms with Gasteiger partial charge in [-0.3, -0.25) is 4.79 Å². The van der Waals surface area contributed by atoms with Crippen molar-refractivity contribution in [3.63, 3.8) is 0 Å². The van der Waals surface area contributed by atoms with E-state index < -0.39 is 0 Å². The van der Waals surface area contributed by atoms with Gasteiger partial charge in [-0.1, -0.05) is 17.7 Å². The third kappa shape index (κ3) is 2.94. The maximum absolute atomic E-state index is 12.8. The largest absolute Gasteiger partial charge is 0.466 e. The summed E-state index contributed by atoms with van der Waals surface area (Å²) in [6, 6.07) is 10.2. The van der Waals surface area contributed by atoms with E-state index in [2.05, 4.69) is 41.6 Å². The molecular formula is C21H23N3O2. The van der Waals surface area contributed by atoms with Gasteiger partial charge >= 0.3 is 0 Å². The predicted octanol–water partition coefficient (Wildman–Crippen LogP) is 3.81. The Kier molecular flexibility index (Phi) is 4.15. The highest BCUT2D eigenvalue weighted by Gasteiger charge is 2.27. The van der Waals surface area contributed by atoms with Crippen molar-refractivity contribution >= 4 is 5.91 Å². The number of fused-ring (bicyclic) bond motifs is 1. The van der Waals surface area contributed by atoms with Gasteiger partial charge in [-0.05, 0) is 58.2 Å². The molecule has 0 radical (unpaired) electrons. The van der Waals surface area contributed by atoms with Gasteiger partial charge in [-0.15, -0.1) is 0 Å². The smallest absolute Gasteiger partial charge is 0.272 e. The minimum Gasteiger partial charge on any atom is -0.466 e. The van der Waals surface area contributed by atoms with Gasteiger partial charge < -0.3 is 9.73 Å². The Morgan fingerprint density at radius 3 is 2.65 bits per heavy atom. The molecule has 5 heteroatoms. The lowest BCUT2D eigenvalue weighted by molar-refractivity contribution is 0.0944. The molecule has 3 aromatic rings. The van der Waals surface area contributed by atoms with Crippen molar-refractivity contribution in [1.82, 2.24) is 15.1 Å². The van der Waals surface area contributed by atoms with E-state index in [1.165, 1.54) is 5.56 Å². The Morgan fingerprint density at radius 2 is 1.96 bits per heavy atom. The molecule has 1 aliphatic carbocycles. The van der Waals surface area contributed by atoms with Crippen LogP contribution in [0.1, 0.15) is 50.8 Å². The molecule has 0 unspecified atom stereocenters. The molecule has 0 bridgehead atoms. The number of aryl methyl sites for hydroxylation is 3. The van der Waals surface area contributed by atoms with Crippen LogP contribution in [0, 0.1) is 20.8 Å². The molecule has 4 rings (SSSR count). The number of hydrogen-bond acceptors (Lipinski definition) is 3. The molecule has 5 nitrogen and oxygen atoms in total. The van der Waals surface area contributed by atoms with Crippen molar-refractivity contribution in [2.45, 2.75) is 46.6 Å². The fourth-order valence-corrected chi connectivity index (χ4v) is 3.64. The van der Waals surface area contributed by atoms with Crippen LogP contribution in [-0.2, 0) is 19.4 Å². The first kappa shape index (κ1) is 16.6. The van der Waals surface area contributed by atoms with Crippen molar-refractivity contribution in [1.29, 1.82) is 0 Å². The van der Waals surface area contributed by atoms with Gasteiger partial charge in [0.25, 0.3) is 5.91 Å². The van der Waals surface area contributed by atoms with Crippen LogP contribution in [0.5, 0.6) is 0 Å². The van der Waals surface area contributed by atoms with Crippen molar-refractivity contribution in [3.8, 4) is 5.69 Å². The van der Waals surface area contributed by atoms with E-state index in [0.717, 1.165) is 53.3 Å². The summed E-state index contributed by atoms with van der Waals surface area (Å²) in [5, 5.41) is 7.65. The fraction of sp³-hybridized carbons (Fsp3) is 0.333. The average molecular weight is 349 g/mol. The van der Waals surface area contributed by atoms with Crippen LogP contribution in [0.2, 0.25) is 0 Å². The van der Waals surface area contributed by atoms with E-state index in [0.29, 0.717) is 12.2 Å². The lowest BCUT2D eigenvalue weighted by Gasteiger charge is -2.06. The number of carbonyl (C=O) groups is 1. The second-order valence-corrected chi connectivity index (χ2v) is 7.00. The third-order valence-corrected chi connectivity index (χ3v) is 5.01. The Balaban J connectivity index is 1.60. The number of aromatic nitrogens is 2. The Bertz CT molecular complexity index is 964. The molecule has 0 atom stereocenters. The monoisotopic (exact) mass is 349 g/mol. The van der Waals surface area contributed by atoms with Crippen LogP contribution >= 0.6 is 0 Å². The average Bonchev–Trinajstić information content (AvgIpc) is 3.29. The van der Waals surface area contributed by atoms with Crippen molar-refractivity contribution < 1.29 is 9.21 Å². The van der Waals surface area contributed by atoms with E-state index in [1.54, 1.807) is 0 Å². The molecule has 134 valence electrons. The van der Waals surface area contributed by atoms with Gasteiger partial charge in [0.1, 0.15) is 11.5 Å². The number of amides is 1. The van der Waals surface area contributed by atoms with Gasteiger partial charge in [0.15, 0.2) is 5.69 Å². The van der Waals surface area contributed by atoms with E-state index in [1.807, 2.05) is 24.6 Å². The topological polar surface area (TPSA) is 60.1 Å². The molecule has 2 aromatic heterocycles. The molecule has 1 aliphatic rings. The number of nitrogens with one attached hydrogen (secondary N) is 1. The minimum absolute atomic E-state index is 0.118. The Hall–Kier alpha value is -2.82. The van der Waals surface area contributed by atoms with Crippen LogP contribution in [0.15, 0.2) is 34.7 Å². The standard InChI is InChI=1S/C21H23N3O2/c1-13-7-9-17(10-8-13)24-19-6-4-5-18(19)20(23-24)21(25)22-12-16-11-14(2)26-15(16)3/h7-11H,4-6,12H2,1-3H3,(H,22,25). The van der Waals surface area contributed by atoms with Crippen LogP contribution < -0.4 is 5.32 Å². The van der Waals surface area contributed by atoms with E-state index >= 15 is 0 Å². The quantitative estimate of drug-likeness (QED) is 0.779. The highest BCUT2D eigenvalue weighted by atomic mass is 16.3. The van der Waals surface area contributed by atoms with Crippen LogP contribution in [0.25, 0.3) is 5.69 Å². The van der Waals surface area contributed by atoms with Gasteiger partial charge in [-0.25, -0.2) is 4.68 Å². The summed E-state index contributed by atoms with van der Waals surface area (Å²) in [6.45, 7) is 6.34. The summed E-state index contributed by atoms with van der Waals surface area (Å²) in [6.07, 6.45) is 2.94. The summed E-state index contributed by atoms with van der Waals surface area (Å²) in [7, 11) is 0. The summed E-state index contributed by atoms with van der Waals surface area (Å²) in [5.41, 5.74) is 6.02. The first-order valence-electron chi connectivity index (χ1n) is 9.05.